The van der Waals surface area contributed by atoms with Gasteiger partial charge in [-0.1, -0.05) is 11.6 Å². The minimum atomic E-state index is -4.58. The van der Waals surface area contributed by atoms with E-state index in [1.807, 2.05) is 0 Å². The Morgan fingerprint density at radius 3 is 2.62 bits per heavy atom. The SMILES string of the molecule is CC(=O)N1CCc2cc(S(=O)(=O)Nc3cc(Cl)ccc3OCC(F)(F)F)ccc21. The summed E-state index contributed by atoms with van der Waals surface area (Å²) in [4.78, 5) is 13.1. The number of ether oxygens (including phenoxy) is 1. The molecule has 0 spiro atoms. The molecule has 0 radical (unpaired) electrons. The van der Waals surface area contributed by atoms with Gasteiger partial charge in [-0.05, 0) is 48.4 Å². The molecule has 1 aliphatic rings. The average Bonchev–Trinajstić information content (AvgIpc) is 3.03. The molecular weight excluding hydrogens is 433 g/mol. The summed E-state index contributed by atoms with van der Waals surface area (Å²) in [6, 6.07) is 7.88. The molecular formula is C18H16ClF3N2O4S. The van der Waals surface area contributed by atoms with Crippen LogP contribution in [0.1, 0.15) is 12.5 Å². The van der Waals surface area contributed by atoms with Gasteiger partial charge in [-0.25, -0.2) is 8.42 Å². The maximum atomic E-state index is 12.8. The molecule has 11 heteroatoms. The molecule has 0 saturated carbocycles. The topological polar surface area (TPSA) is 75.7 Å². The van der Waals surface area contributed by atoms with Gasteiger partial charge in [0.25, 0.3) is 10.0 Å². The highest BCUT2D eigenvalue weighted by molar-refractivity contribution is 7.92. The van der Waals surface area contributed by atoms with E-state index in [1.165, 1.54) is 31.2 Å². The number of benzene rings is 2. The highest BCUT2D eigenvalue weighted by Crippen LogP contribution is 2.34. The van der Waals surface area contributed by atoms with Gasteiger partial charge in [-0.15, -0.1) is 0 Å². The number of nitrogens with one attached hydrogen (secondary N) is 1. The summed E-state index contributed by atoms with van der Waals surface area (Å²) in [5, 5.41) is 0.119. The predicted molar refractivity (Wildman–Crippen MR) is 102 cm³/mol. The van der Waals surface area contributed by atoms with E-state index >= 15 is 0 Å². The van der Waals surface area contributed by atoms with Crippen molar-refractivity contribution < 1.29 is 31.1 Å². The van der Waals surface area contributed by atoms with Gasteiger partial charge < -0.3 is 9.64 Å². The van der Waals surface area contributed by atoms with Crippen molar-refractivity contribution in [2.75, 3.05) is 22.8 Å². The summed E-state index contributed by atoms with van der Waals surface area (Å²) in [6.07, 6.45) is -4.09. The molecule has 0 fully saturated rings. The third-order valence-corrected chi connectivity index (χ3v) is 5.81. The van der Waals surface area contributed by atoms with Crippen LogP contribution in [0.2, 0.25) is 5.02 Å². The Hall–Kier alpha value is -2.46. The lowest BCUT2D eigenvalue weighted by atomic mass is 10.2. The molecule has 0 saturated heterocycles. The van der Waals surface area contributed by atoms with E-state index in [4.69, 9.17) is 16.3 Å². The first-order valence-electron chi connectivity index (χ1n) is 8.39. The van der Waals surface area contributed by atoms with Gasteiger partial charge in [-0.3, -0.25) is 9.52 Å². The van der Waals surface area contributed by atoms with Crippen LogP contribution in [0, 0.1) is 0 Å². The molecule has 156 valence electrons. The van der Waals surface area contributed by atoms with Gasteiger partial charge in [0, 0.05) is 24.2 Å². The molecule has 6 nitrogen and oxygen atoms in total. The number of amides is 1. The second kappa shape index (κ2) is 7.75. The van der Waals surface area contributed by atoms with Crippen molar-refractivity contribution in [3.63, 3.8) is 0 Å². The molecule has 0 bridgehead atoms. The molecule has 29 heavy (non-hydrogen) atoms. The number of fused-ring (bicyclic) bond motifs is 1. The van der Waals surface area contributed by atoms with Gasteiger partial charge in [0.2, 0.25) is 5.91 Å². The van der Waals surface area contributed by atoms with E-state index in [0.29, 0.717) is 24.2 Å². The molecule has 0 unspecified atom stereocenters. The van der Waals surface area contributed by atoms with Crippen molar-refractivity contribution in [3.05, 3.63) is 47.0 Å². The number of carbonyl (C=O) groups excluding carboxylic acids is 1. The Bertz CT molecular complexity index is 1060. The van der Waals surface area contributed by atoms with Crippen molar-refractivity contribution in [2.45, 2.75) is 24.4 Å². The summed E-state index contributed by atoms with van der Waals surface area (Å²) >= 11 is 5.85. The van der Waals surface area contributed by atoms with Gasteiger partial charge in [0.15, 0.2) is 6.61 Å². The molecule has 1 amide bonds. The molecule has 2 aromatic carbocycles. The first-order valence-corrected chi connectivity index (χ1v) is 10.3. The molecule has 1 N–H and O–H groups in total. The lowest BCUT2D eigenvalue weighted by Crippen LogP contribution is -2.25. The quantitative estimate of drug-likeness (QED) is 0.750. The number of anilines is 2. The second-order valence-electron chi connectivity index (χ2n) is 6.36. The van der Waals surface area contributed by atoms with Gasteiger partial charge >= 0.3 is 6.18 Å². The molecule has 0 aliphatic carbocycles. The van der Waals surface area contributed by atoms with Crippen molar-refractivity contribution in [2.24, 2.45) is 0 Å². The maximum Gasteiger partial charge on any atom is 0.422 e. The van der Waals surface area contributed by atoms with Crippen LogP contribution < -0.4 is 14.4 Å². The van der Waals surface area contributed by atoms with Crippen LogP contribution in [-0.4, -0.2) is 33.7 Å². The Balaban J connectivity index is 1.89. The minimum absolute atomic E-state index is 0.0941. The van der Waals surface area contributed by atoms with E-state index in [0.717, 1.165) is 12.1 Å². The molecule has 0 atom stereocenters. The first kappa shape index (κ1) is 21.3. The number of alkyl halides is 3. The molecule has 2 aromatic rings. The lowest BCUT2D eigenvalue weighted by molar-refractivity contribution is -0.153. The average molecular weight is 449 g/mol. The summed E-state index contributed by atoms with van der Waals surface area (Å²) in [5.74, 6) is -0.456. The Morgan fingerprint density at radius 1 is 1.24 bits per heavy atom. The highest BCUT2D eigenvalue weighted by atomic mass is 35.5. The van der Waals surface area contributed by atoms with Crippen LogP contribution in [0.15, 0.2) is 41.3 Å². The van der Waals surface area contributed by atoms with Crippen LogP contribution in [-0.2, 0) is 21.2 Å². The van der Waals surface area contributed by atoms with E-state index < -0.39 is 22.8 Å². The highest BCUT2D eigenvalue weighted by Gasteiger charge is 2.29. The van der Waals surface area contributed by atoms with Crippen LogP contribution in [0.25, 0.3) is 0 Å². The van der Waals surface area contributed by atoms with E-state index in [1.54, 1.807) is 4.90 Å². The van der Waals surface area contributed by atoms with E-state index in [9.17, 15) is 26.4 Å². The van der Waals surface area contributed by atoms with Crippen LogP contribution >= 0.6 is 11.6 Å². The Labute approximate surface area is 170 Å². The van der Waals surface area contributed by atoms with Crippen molar-refractivity contribution in [1.82, 2.24) is 0 Å². The largest absolute Gasteiger partial charge is 0.482 e. The second-order valence-corrected chi connectivity index (χ2v) is 8.48. The third-order valence-electron chi connectivity index (χ3n) is 4.21. The van der Waals surface area contributed by atoms with Crippen molar-refractivity contribution >= 4 is 38.9 Å². The van der Waals surface area contributed by atoms with Crippen LogP contribution in [0.3, 0.4) is 0 Å². The fraction of sp³-hybridized carbons (Fsp3) is 0.278. The van der Waals surface area contributed by atoms with Gasteiger partial charge in [0.1, 0.15) is 5.75 Å². The summed E-state index contributed by atoms with van der Waals surface area (Å²) < 4.78 is 69.8. The normalized spacial score (nSPS) is 13.9. The predicted octanol–water partition coefficient (Wildman–Crippen LogP) is 3.99. The standard InChI is InChI=1S/C18H16ClF3N2O4S/c1-11(25)24-7-6-12-8-14(3-4-16(12)24)29(26,27)23-15-9-13(19)2-5-17(15)28-10-18(20,21)22/h2-5,8-9,23H,6-7,10H2,1H3. The van der Waals surface area contributed by atoms with Gasteiger partial charge in [0.05, 0.1) is 10.6 Å². The van der Waals surface area contributed by atoms with Crippen LogP contribution in [0.4, 0.5) is 24.5 Å². The summed E-state index contributed by atoms with van der Waals surface area (Å²) in [5.41, 5.74) is 1.10. The number of sulfonamides is 1. The maximum absolute atomic E-state index is 12.8. The van der Waals surface area contributed by atoms with Crippen LogP contribution in [0.5, 0.6) is 5.75 Å². The smallest absolute Gasteiger partial charge is 0.422 e. The molecule has 1 heterocycles. The van der Waals surface area contributed by atoms with E-state index in [-0.39, 0.29) is 27.3 Å². The number of carbonyl (C=O) groups is 1. The fourth-order valence-corrected chi connectivity index (χ4v) is 4.23. The summed E-state index contributed by atoms with van der Waals surface area (Å²) in [7, 11) is -4.14. The Morgan fingerprint density at radius 2 is 1.97 bits per heavy atom. The number of rotatable bonds is 5. The number of hydrogen-bond donors (Lipinski definition) is 1. The minimum Gasteiger partial charge on any atom is -0.482 e. The van der Waals surface area contributed by atoms with Crippen molar-refractivity contribution in [3.8, 4) is 5.75 Å². The van der Waals surface area contributed by atoms with E-state index in [2.05, 4.69) is 4.72 Å². The summed E-state index contributed by atoms with van der Waals surface area (Å²) in [6.45, 7) is 0.289. The zero-order valence-corrected chi connectivity index (χ0v) is 16.7. The molecule has 1 aliphatic heterocycles. The Kier molecular flexibility index (Phi) is 5.68. The number of nitrogens with zero attached hydrogens (tertiary/aromatic N) is 1. The van der Waals surface area contributed by atoms with Gasteiger partial charge in [-0.2, -0.15) is 13.2 Å². The molecule has 3 rings (SSSR count). The molecule has 0 aromatic heterocycles. The zero-order valence-electron chi connectivity index (χ0n) is 15.1. The lowest BCUT2D eigenvalue weighted by Gasteiger charge is -2.16. The number of hydrogen-bond acceptors (Lipinski definition) is 4. The number of halogens is 4. The zero-order chi connectivity index (χ0) is 21.4. The third kappa shape index (κ3) is 4.94. The van der Waals surface area contributed by atoms with Crippen molar-refractivity contribution in [1.29, 1.82) is 0 Å². The first-order chi connectivity index (χ1) is 13.5. The monoisotopic (exact) mass is 448 g/mol. The fourth-order valence-electron chi connectivity index (χ4n) is 2.94.